The molecule has 0 bridgehead atoms. The Kier molecular flexibility index (Phi) is 5.73. The summed E-state index contributed by atoms with van der Waals surface area (Å²) in [6, 6.07) is 3.46. The minimum Gasteiger partial charge on any atom is -0.378 e. The van der Waals surface area contributed by atoms with Crippen molar-refractivity contribution in [3.8, 4) is 0 Å². The standard InChI is InChI=1S/C14H22N4O2/c1-2-8-15-13-6-5-12(17-18-13)14(19)16-9-7-11-4-3-10-20-11/h5-6,11H,2-4,7-10H2,1H3,(H,15,18)(H,16,19). The molecule has 1 unspecified atom stereocenters. The first-order valence-corrected chi connectivity index (χ1v) is 7.27. The summed E-state index contributed by atoms with van der Waals surface area (Å²) in [6.45, 7) is 4.38. The number of nitrogens with zero attached hydrogens (tertiary/aromatic N) is 2. The number of anilines is 1. The lowest BCUT2D eigenvalue weighted by atomic mass is 10.2. The van der Waals surface area contributed by atoms with Gasteiger partial charge in [0.05, 0.1) is 6.10 Å². The predicted octanol–water partition coefficient (Wildman–Crippen LogP) is 1.60. The second-order valence-electron chi connectivity index (χ2n) is 4.91. The largest absolute Gasteiger partial charge is 0.378 e. The summed E-state index contributed by atoms with van der Waals surface area (Å²) in [5, 5.41) is 13.9. The monoisotopic (exact) mass is 278 g/mol. The average molecular weight is 278 g/mol. The van der Waals surface area contributed by atoms with Crippen LogP contribution in [0.2, 0.25) is 0 Å². The van der Waals surface area contributed by atoms with Crippen molar-refractivity contribution in [1.29, 1.82) is 0 Å². The molecule has 1 fully saturated rings. The molecular weight excluding hydrogens is 256 g/mol. The van der Waals surface area contributed by atoms with E-state index in [9.17, 15) is 4.79 Å². The Labute approximate surface area is 119 Å². The Bertz CT molecular complexity index is 416. The fourth-order valence-electron chi connectivity index (χ4n) is 2.11. The van der Waals surface area contributed by atoms with E-state index in [0.29, 0.717) is 24.2 Å². The summed E-state index contributed by atoms with van der Waals surface area (Å²) in [5.74, 6) is 0.514. The van der Waals surface area contributed by atoms with E-state index in [-0.39, 0.29) is 5.91 Å². The van der Waals surface area contributed by atoms with Gasteiger partial charge in [0.1, 0.15) is 5.82 Å². The number of rotatable bonds is 7. The van der Waals surface area contributed by atoms with E-state index in [1.165, 1.54) is 0 Å². The van der Waals surface area contributed by atoms with Crippen LogP contribution < -0.4 is 10.6 Å². The van der Waals surface area contributed by atoms with E-state index in [4.69, 9.17) is 4.74 Å². The third-order valence-electron chi connectivity index (χ3n) is 3.23. The molecule has 0 saturated carbocycles. The van der Waals surface area contributed by atoms with Crippen LogP contribution in [0.25, 0.3) is 0 Å². The van der Waals surface area contributed by atoms with Crippen molar-refractivity contribution in [3.63, 3.8) is 0 Å². The van der Waals surface area contributed by atoms with E-state index in [0.717, 1.165) is 38.8 Å². The van der Waals surface area contributed by atoms with Gasteiger partial charge in [-0.15, -0.1) is 10.2 Å². The molecule has 20 heavy (non-hydrogen) atoms. The molecule has 0 aromatic carbocycles. The Hall–Kier alpha value is -1.69. The van der Waals surface area contributed by atoms with Gasteiger partial charge in [0, 0.05) is 19.7 Å². The van der Waals surface area contributed by atoms with Gasteiger partial charge in [0.2, 0.25) is 0 Å². The van der Waals surface area contributed by atoms with Crippen LogP contribution in [-0.4, -0.2) is 41.9 Å². The van der Waals surface area contributed by atoms with Crippen LogP contribution in [0, 0.1) is 0 Å². The number of ether oxygens (including phenoxy) is 1. The van der Waals surface area contributed by atoms with Crippen molar-refractivity contribution >= 4 is 11.7 Å². The zero-order valence-corrected chi connectivity index (χ0v) is 11.9. The van der Waals surface area contributed by atoms with Crippen LogP contribution in [0.3, 0.4) is 0 Å². The van der Waals surface area contributed by atoms with Gasteiger partial charge in [-0.3, -0.25) is 4.79 Å². The maximum Gasteiger partial charge on any atom is 0.271 e. The molecule has 0 spiro atoms. The zero-order valence-electron chi connectivity index (χ0n) is 11.9. The summed E-state index contributed by atoms with van der Waals surface area (Å²) < 4.78 is 5.51. The van der Waals surface area contributed by atoms with Crippen LogP contribution in [-0.2, 0) is 4.74 Å². The molecule has 6 heteroatoms. The molecule has 110 valence electrons. The van der Waals surface area contributed by atoms with Gasteiger partial charge in [-0.2, -0.15) is 0 Å². The summed E-state index contributed by atoms with van der Waals surface area (Å²) in [7, 11) is 0. The zero-order chi connectivity index (χ0) is 14.2. The molecule has 1 aromatic rings. The fraction of sp³-hybridized carbons (Fsp3) is 0.643. The molecule has 2 rings (SSSR count). The molecule has 0 radical (unpaired) electrons. The molecule has 1 aliphatic heterocycles. The topological polar surface area (TPSA) is 76.1 Å². The summed E-state index contributed by atoms with van der Waals surface area (Å²) in [4.78, 5) is 11.9. The van der Waals surface area contributed by atoms with Crippen LogP contribution in [0.15, 0.2) is 12.1 Å². The molecule has 1 aliphatic rings. The van der Waals surface area contributed by atoms with Crippen molar-refractivity contribution in [2.75, 3.05) is 25.0 Å². The van der Waals surface area contributed by atoms with Gasteiger partial charge >= 0.3 is 0 Å². The normalized spacial score (nSPS) is 17.9. The first kappa shape index (κ1) is 14.7. The van der Waals surface area contributed by atoms with Gasteiger partial charge in [0.25, 0.3) is 5.91 Å². The molecular formula is C14H22N4O2. The minimum absolute atomic E-state index is 0.183. The third-order valence-corrected chi connectivity index (χ3v) is 3.23. The van der Waals surface area contributed by atoms with Crippen LogP contribution in [0.4, 0.5) is 5.82 Å². The van der Waals surface area contributed by atoms with E-state index < -0.39 is 0 Å². The SMILES string of the molecule is CCCNc1ccc(C(=O)NCCC2CCCO2)nn1. The number of hydrogen-bond acceptors (Lipinski definition) is 5. The molecule has 1 atom stereocenters. The van der Waals surface area contributed by atoms with Gasteiger partial charge in [-0.05, 0) is 37.8 Å². The molecule has 6 nitrogen and oxygen atoms in total. The number of carbonyl (C=O) groups excluding carboxylic acids is 1. The maximum atomic E-state index is 11.9. The Morgan fingerprint density at radius 2 is 2.30 bits per heavy atom. The van der Waals surface area contributed by atoms with Crippen molar-refractivity contribution in [2.24, 2.45) is 0 Å². The second kappa shape index (κ2) is 7.79. The first-order valence-electron chi connectivity index (χ1n) is 7.27. The van der Waals surface area contributed by atoms with Gasteiger partial charge in [-0.25, -0.2) is 0 Å². The third kappa shape index (κ3) is 4.45. The number of hydrogen-bond donors (Lipinski definition) is 2. The highest BCUT2D eigenvalue weighted by Gasteiger charge is 2.15. The fourth-order valence-corrected chi connectivity index (χ4v) is 2.11. The molecule has 2 N–H and O–H groups in total. The average Bonchev–Trinajstić information content (AvgIpc) is 2.99. The molecule has 1 saturated heterocycles. The maximum absolute atomic E-state index is 11.9. The van der Waals surface area contributed by atoms with Gasteiger partial charge in [0.15, 0.2) is 5.69 Å². The Morgan fingerprint density at radius 1 is 1.40 bits per heavy atom. The number of aromatic nitrogens is 2. The van der Waals surface area contributed by atoms with E-state index in [1.807, 2.05) is 0 Å². The molecule has 0 aliphatic carbocycles. The molecule has 1 amide bonds. The second-order valence-corrected chi connectivity index (χ2v) is 4.91. The summed E-state index contributed by atoms with van der Waals surface area (Å²) in [5.41, 5.74) is 0.347. The number of carbonyl (C=O) groups is 1. The van der Waals surface area contributed by atoms with Crippen molar-refractivity contribution in [3.05, 3.63) is 17.8 Å². The summed E-state index contributed by atoms with van der Waals surface area (Å²) >= 11 is 0. The highest BCUT2D eigenvalue weighted by molar-refractivity contribution is 5.92. The van der Waals surface area contributed by atoms with Crippen molar-refractivity contribution in [2.45, 2.75) is 38.7 Å². The van der Waals surface area contributed by atoms with Gasteiger partial charge in [-0.1, -0.05) is 6.92 Å². The van der Waals surface area contributed by atoms with E-state index >= 15 is 0 Å². The van der Waals surface area contributed by atoms with Crippen LogP contribution in [0.1, 0.15) is 43.1 Å². The lowest BCUT2D eigenvalue weighted by Gasteiger charge is -2.09. The van der Waals surface area contributed by atoms with E-state index in [2.05, 4.69) is 27.8 Å². The summed E-state index contributed by atoms with van der Waals surface area (Å²) in [6.07, 6.45) is 4.38. The van der Waals surface area contributed by atoms with E-state index in [1.54, 1.807) is 12.1 Å². The first-order chi connectivity index (χ1) is 9.79. The smallest absolute Gasteiger partial charge is 0.271 e. The lowest BCUT2D eigenvalue weighted by Crippen LogP contribution is -2.28. The van der Waals surface area contributed by atoms with Crippen molar-refractivity contribution in [1.82, 2.24) is 15.5 Å². The lowest BCUT2D eigenvalue weighted by molar-refractivity contribution is 0.0902. The quantitative estimate of drug-likeness (QED) is 0.792. The highest BCUT2D eigenvalue weighted by Crippen LogP contribution is 2.14. The van der Waals surface area contributed by atoms with Crippen LogP contribution >= 0.6 is 0 Å². The number of amides is 1. The highest BCUT2D eigenvalue weighted by atomic mass is 16.5. The number of nitrogens with one attached hydrogen (secondary N) is 2. The van der Waals surface area contributed by atoms with Gasteiger partial charge < -0.3 is 15.4 Å². The predicted molar refractivity (Wildman–Crippen MR) is 76.7 cm³/mol. The Balaban J connectivity index is 1.73. The molecule has 2 heterocycles. The minimum atomic E-state index is -0.183. The Morgan fingerprint density at radius 3 is 2.95 bits per heavy atom. The molecule has 1 aromatic heterocycles. The van der Waals surface area contributed by atoms with Crippen molar-refractivity contribution < 1.29 is 9.53 Å². The van der Waals surface area contributed by atoms with Crippen LogP contribution in [0.5, 0.6) is 0 Å².